The van der Waals surface area contributed by atoms with Gasteiger partial charge in [0.1, 0.15) is 0 Å². The summed E-state index contributed by atoms with van der Waals surface area (Å²) < 4.78 is 5.19. The molecule has 8 nitrogen and oxygen atoms in total. The third kappa shape index (κ3) is 4.64. The van der Waals surface area contributed by atoms with Gasteiger partial charge in [-0.1, -0.05) is 18.1 Å². The molecule has 1 N–H and O–H groups in total. The first-order valence-electron chi connectivity index (χ1n) is 10.8. The zero-order valence-corrected chi connectivity index (χ0v) is 18.6. The lowest BCUT2D eigenvalue weighted by Crippen LogP contribution is -2.48. The Labute approximate surface area is 187 Å². The molecular weight excluding hydrogens is 406 g/mol. The van der Waals surface area contributed by atoms with Crippen molar-refractivity contribution in [2.45, 2.75) is 27.2 Å². The fourth-order valence-corrected chi connectivity index (χ4v) is 3.77. The Morgan fingerprint density at radius 2 is 1.78 bits per heavy atom. The largest absolute Gasteiger partial charge is 0.368 e. The lowest BCUT2D eigenvalue weighted by Gasteiger charge is -2.36. The van der Waals surface area contributed by atoms with Gasteiger partial charge in [-0.2, -0.15) is 4.98 Å². The molecule has 1 aliphatic heterocycles. The molecule has 4 rings (SSSR count). The number of benzene rings is 2. The van der Waals surface area contributed by atoms with E-state index in [0.29, 0.717) is 42.5 Å². The Hall–Kier alpha value is -3.68. The van der Waals surface area contributed by atoms with Crippen molar-refractivity contribution in [2.75, 3.05) is 36.4 Å². The van der Waals surface area contributed by atoms with E-state index in [1.165, 1.54) is 6.92 Å². The van der Waals surface area contributed by atoms with Crippen molar-refractivity contribution < 1.29 is 14.1 Å². The molecule has 0 atom stereocenters. The number of nitrogens with zero attached hydrogens (tertiary/aromatic N) is 4. The minimum atomic E-state index is -0.150. The predicted octanol–water partition coefficient (Wildman–Crippen LogP) is 3.53. The van der Waals surface area contributed by atoms with Crippen molar-refractivity contribution in [3.8, 4) is 11.4 Å². The van der Waals surface area contributed by atoms with Crippen LogP contribution < -0.4 is 10.2 Å². The lowest BCUT2D eigenvalue weighted by molar-refractivity contribution is -0.114. The molecule has 2 heterocycles. The molecule has 0 spiro atoms. The van der Waals surface area contributed by atoms with E-state index < -0.39 is 0 Å². The number of piperazine rings is 1. The summed E-state index contributed by atoms with van der Waals surface area (Å²) in [4.78, 5) is 32.9. The van der Waals surface area contributed by atoms with Gasteiger partial charge in [0.15, 0.2) is 0 Å². The van der Waals surface area contributed by atoms with Crippen LogP contribution in [-0.4, -0.2) is 53.0 Å². The van der Waals surface area contributed by atoms with Gasteiger partial charge in [-0.15, -0.1) is 0 Å². The fraction of sp³-hybridized carbons (Fsp3) is 0.333. The molecule has 2 aromatic carbocycles. The van der Waals surface area contributed by atoms with E-state index in [-0.39, 0.29) is 11.8 Å². The van der Waals surface area contributed by atoms with Crippen LogP contribution in [0.3, 0.4) is 0 Å². The minimum Gasteiger partial charge on any atom is -0.368 e. The fourth-order valence-electron chi connectivity index (χ4n) is 3.77. The van der Waals surface area contributed by atoms with Gasteiger partial charge >= 0.3 is 0 Å². The molecule has 3 aromatic rings. The van der Waals surface area contributed by atoms with Crippen molar-refractivity contribution in [3.63, 3.8) is 0 Å². The van der Waals surface area contributed by atoms with Crippen LogP contribution in [-0.2, 0) is 11.2 Å². The average molecular weight is 434 g/mol. The summed E-state index contributed by atoms with van der Waals surface area (Å²) in [5.41, 5.74) is 4.21. The summed E-state index contributed by atoms with van der Waals surface area (Å²) in [5.74, 6) is 1.06. The summed E-state index contributed by atoms with van der Waals surface area (Å²) >= 11 is 0. The van der Waals surface area contributed by atoms with E-state index in [2.05, 4.69) is 32.5 Å². The van der Waals surface area contributed by atoms with Crippen LogP contribution in [0.5, 0.6) is 0 Å². The second-order valence-corrected chi connectivity index (χ2v) is 7.90. The van der Waals surface area contributed by atoms with E-state index in [4.69, 9.17) is 4.52 Å². The third-order valence-electron chi connectivity index (χ3n) is 5.62. The van der Waals surface area contributed by atoms with Gasteiger partial charge < -0.3 is 19.6 Å². The summed E-state index contributed by atoms with van der Waals surface area (Å²) in [6, 6.07) is 13.5. The number of hydrogen-bond acceptors (Lipinski definition) is 6. The molecule has 0 radical (unpaired) electrons. The number of rotatable bonds is 5. The first kappa shape index (κ1) is 21.5. The van der Waals surface area contributed by atoms with Crippen LogP contribution in [0.2, 0.25) is 0 Å². The maximum atomic E-state index is 13.0. The first-order chi connectivity index (χ1) is 15.4. The molecule has 0 saturated carbocycles. The lowest BCUT2D eigenvalue weighted by atomic mass is 10.1. The van der Waals surface area contributed by atoms with Crippen molar-refractivity contribution in [1.82, 2.24) is 15.0 Å². The van der Waals surface area contributed by atoms with Crippen LogP contribution in [0.15, 0.2) is 47.0 Å². The van der Waals surface area contributed by atoms with E-state index in [0.717, 1.165) is 29.9 Å². The molecule has 166 valence electrons. The van der Waals surface area contributed by atoms with Gasteiger partial charge in [-0.3, -0.25) is 9.59 Å². The van der Waals surface area contributed by atoms with Gasteiger partial charge in [0.2, 0.25) is 17.6 Å². The zero-order valence-electron chi connectivity index (χ0n) is 18.6. The molecule has 8 heteroatoms. The Morgan fingerprint density at radius 3 is 2.41 bits per heavy atom. The number of carbonyl (C=O) groups is 2. The molecule has 1 fully saturated rings. The van der Waals surface area contributed by atoms with Crippen LogP contribution >= 0.6 is 0 Å². The number of aryl methyl sites for hydroxylation is 2. The highest BCUT2D eigenvalue weighted by Crippen LogP contribution is 2.23. The van der Waals surface area contributed by atoms with Crippen molar-refractivity contribution >= 4 is 23.2 Å². The Kier molecular flexibility index (Phi) is 6.20. The first-order valence-corrected chi connectivity index (χ1v) is 10.8. The molecule has 32 heavy (non-hydrogen) atoms. The zero-order chi connectivity index (χ0) is 22.7. The highest BCUT2D eigenvalue weighted by Gasteiger charge is 2.23. The quantitative estimate of drug-likeness (QED) is 0.662. The Bertz CT molecular complexity index is 1110. The third-order valence-corrected chi connectivity index (χ3v) is 5.62. The number of aromatic nitrogens is 2. The van der Waals surface area contributed by atoms with E-state index in [1.54, 1.807) is 6.07 Å². The highest BCUT2D eigenvalue weighted by atomic mass is 16.5. The summed E-state index contributed by atoms with van der Waals surface area (Å²) in [7, 11) is 0. The number of amides is 2. The maximum Gasteiger partial charge on any atom is 0.254 e. The van der Waals surface area contributed by atoms with E-state index in [1.807, 2.05) is 43.0 Å². The second-order valence-electron chi connectivity index (χ2n) is 7.90. The summed E-state index contributed by atoms with van der Waals surface area (Å²) in [6.45, 7) is 8.11. The molecule has 1 aliphatic rings. The molecule has 0 unspecified atom stereocenters. The summed E-state index contributed by atoms with van der Waals surface area (Å²) in [5, 5.41) is 6.81. The van der Waals surface area contributed by atoms with Crippen molar-refractivity contribution in [3.05, 3.63) is 59.5 Å². The predicted molar refractivity (Wildman–Crippen MR) is 123 cm³/mol. The van der Waals surface area contributed by atoms with E-state index >= 15 is 0 Å². The van der Waals surface area contributed by atoms with Gasteiger partial charge in [0.25, 0.3) is 5.91 Å². The van der Waals surface area contributed by atoms with Gasteiger partial charge in [0, 0.05) is 62.0 Å². The monoisotopic (exact) mass is 433 g/mol. The van der Waals surface area contributed by atoms with E-state index in [9.17, 15) is 9.59 Å². The number of anilines is 2. The SMILES string of the molecule is CCc1nc(-c2ccc(N3CCN(C(=O)c4ccc(C)c(NC(C)=O)c4)CC3)cc2)no1. The van der Waals surface area contributed by atoms with Gasteiger partial charge in [0.05, 0.1) is 0 Å². The standard InChI is InChI=1S/C24H27N5O3/c1-4-22-26-23(27-32-22)18-7-9-20(10-8-18)28-11-13-29(14-12-28)24(31)19-6-5-16(2)21(15-19)25-17(3)30/h5-10,15H,4,11-14H2,1-3H3,(H,25,30). The molecule has 0 bridgehead atoms. The topological polar surface area (TPSA) is 91.6 Å². The highest BCUT2D eigenvalue weighted by molar-refractivity contribution is 5.97. The molecule has 0 aliphatic carbocycles. The minimum absolute atomic E-state index is 0.0181. The molecular formula is C24H27N5O3. The molecule has 2 amide bonds. The maximum absolute atomic E-state index is 13.0. The second kappa shape index (κ2) is 9.21. The smallest absolute Gasteiger partial charge is 0.254 e. The average Bonchev–Trinajstić information content (AvgIpc) is 3.29. The Morgan fingerprint density at radius 1 is 1.06 bits per heavy atom. The molecule has 1 saturated heterocycles. The van der Waals surface area contributed by atoms with Gasteiger partial charge in [-0.05, 0) is 48.9 Å². The van der Waals surface area contributed by atoms with Crippen molar-refractivity contribution in [2.24, 2.45) is 0 Å². The van der Waals surface area contributed by atoms with Crippen LogP contribution in [0.25, 0.3) is 11.4 Å². The van der Waals surface area contributed by atoms with Gasteiger partial charge in [-0.25, -0.2) is 0 Å². The Balaban J connectivity index is 1.38. The van der Waals surface area contributed by atoms with Crippen LogP contribution in [0.1, 0.15) is 35.7 Å². The molecule has 1 aromatic heterocycles. The number of carbonyl (C=O) groups excluding carboxylic acids is 2. The number of nitrogens with one attached hydrogen (secondary N) is 1. The normalized spacial score (nSPS) is 13.8. The van der Waals surface area contributed by atoms with Crippen LogP contribution in [0.4, 0.5) is 11.4 Å². The van der Waals surface area contributed by atoms with Crippen LogP contribution in [0, 0.1) is 6.92 Å². The van der Waals surface area contributed by atoms with Crippen molar-refractivity contribution in [1.29, 1.82) is 0 Å². The number of hydrogen-bond donors (Lipinski definition) is 1. The summed E-state index contributed by atoms with van der Waals surface area (Å²) in [6.07, 6.45) is 0.714.